The largest absolute Gasteiger partial charge is 0.384 e. The molecule has 3 aromatic rings. The van der Waals surface area contributed by atoms with Crippen LogP contribution < -0.4 is 11.5 Å². The van der Waals surface area contributed by atoms with Crippen molar-refractivity contribution in [2.45, 2.75) is 6.92 Å². The zero-order valence-corrected chi connectivity index (χ0v) is 12.6. The van der Waals surface area contributed by atoms with E-state index in [-0.39, 0.29) is 5.84 Å². The normalized spacial score (nSPS) is 11.2. The average molecular weight is 304 g/mol. The Bertz CT molecular complexity index is 907. The van der Waals surface area contributed by atoms with E-state index in [1.807, 2.05) is 25.1 Å². The minimum Gasteiger partial charge on any atom is -0.384 e. The molecule has 23 heavy (non-hydrogen) atoms. The second-order valence-electron chi connectivity index (χ2n) is 5.24. The number of pyridine rings is 1. The van der Waals surface area contributed by atoms with Crippen molar-refractivity contribution in [3.05, 3.63) is 59.8 Å². The topological polar surface area (TPSA) is 113 Å². The Morgan fingerprint density at radius 3 is 2.52 bits per heavy atom. The van der Waals surface area contributed by atoms with Crippen molar-refractivity contribution in [3.8, 4) is 0 Å². The van der Waals surface area contributed by atoms with Crippen molar-refractivity contribution >= 4 is 33.8 Å². The number of nitrogens with zero attached hydrogens (tertiary/aromatic N) is 3. The number of fused-ring (bicyclic) bond motifs is 1. The predicted molar refractivity (Wildman–Crippen MR) is 92.5 cm³/mol. The predicted octanol–water partition coefficient (Wildman–Crippen LogP) is 3.82. The van der Waals surface area contributed by atoms with Crippen LogP contribution in [0.1, 0.15) is 11.1 Å². The van der Waals surface area contributed by atoms with Crippen molar-refractivity contribution in [1.82, 2.24) is 4.98 Å². The highest BCUT2D eigenvalue weighted by molar-refractivity contribution is 5.96. The van der Waals surface area contributed by atoms with Gasteiger partial charge in [0.2, 0.25) is 0 Å². The third-order valence-electron chi connectivity index (χ3n) is 3.49. The van der Waals surface area contributed by atoms with E-state index >= 15 is 0 Å². The van der Waals surface area contributed by atoms with E-state index in [0.29, 0.717) is 22.8 Å². The molecule has 0 atom stereocenters. The number of benzene rings is 2. The molecule has 114 valence electrons. The summed E-state index contributed by atoms with van der Waals surface area (Å²) in [6.45, 7) is 2.01. The lowest BCUT2D eigenvalue weighted by molar-refractivity contribution is 1.22. The number of nitrogen functional groups attached to an aromatic ring is 2. The van der Waals surface area contributed by atoms with E-state index < -0.39 is 0 Å². The van der Waals surface area contributed by atoms with Gasteiger partial charge in [0.05, 0.1) is 5.69 Å². The molecule has 0 saturated carbocycles. The van der Waals surface area contributed by atoms with Gasteiger partial charge < -0.3 is 11.5 Å². The second-order valence-corrected chi connectivity index (χ2v) is 5.24. The fraction of sp³-hybridized carbons (Fsp3) is 0.0588. The maximum absolute atomic E-state index is 7.38. The van der Waals surface area contributed by atoms with Crippen LogP contribution >= 0.6 is 0 Å². The van der Waals surface area contributed by atoms with Crippen LogP contribution in [0.4, 0.5) is 17.2 Å². The summed E-state index contributed by atoms with van der Waals surface area (Å²) in [6.07, 6.45) is 1.73. The quantitative estimate of drug-likeness (QED) is 0.388. The Hall–Kier alpha value is -3.28. The Morgan fingerprint density at radius 1 is 1.09 bits per heavy atom. The minimum atomic E-state index is 0.0199. The third kappa shape index (κ3) is 3.01. The van der Waals surface area contributed by atoms with E-state index in [2.05, 4.69) is 15.2 Å². The molecule has 0 aliphatic rings. The monoisotopic (exact) mass is 304 g/mol. The van der Waals surface area contributed by atoms with Crippen LogP contribution in [-0.2, 0) is 0 Å². The lowest BCUT2D eigenvalue weighted by Gasteiger charge is -2.05. The van der Waals surface area contributed by atoms with Crippen LogP contribution in [0.15, 0.2) is 58.9 Å². The lowest BCUT2D eigenvalue weighted by atomic mass is 10.1. The average Bonchev–Trinajstić information content (AvgIpc) is 2.54. The zero-order chi connectivity index (χ0) is 16.4. The second kappa shape index (κ2) is 5.84. The molecule has 5 N–H and O–H groups in total. The van der Waals surface area contributed by atoms with Gasteiger partial charge in [-0.1, -0.05) is 17.7 Å². The van der Waals surface area contributed by atoms with Crippen molar-refractivity contribution in [2.24, 2.45) is 16.0 Å². The molecule has 0 aliphatic heterocycles. The lowest BCUT2D eigenvalue weighted by Crippen LogP contribution is -2.10. The number of nitrogens with one attached hydrogen (secondary N) is 1. The van der Waals surface area contributed by atoms with Gasteiger partial charge in [-0.3, -0.25) is 5.41 Å². The van der Waals surface area contributed by atoms with Crippen molar-refractivity contribution in [1.29, 1.82) is 5.41 Å². The minimum absolute atomic E-state index is 0.0199. The molecule has 2 aromatic carbocycles. The van der Waals surface area contributed by atoms with Crippen molar-refractivity contribution < 1.29 is 0 Å². The summed E-state index contributed by atoms with van der Waals surface area (Å²) in [5.74, 6) is 0.360. The first-order valence-electron chi connectivity index (χ1n) is 7.05. The zero-order valence-electron chi connectivity index (χ0n) is 12.6. The Labute approximate surface area is 133 Å². The fourth-order valence-electron chi connectivity index (χ4n) is 2.25. The number of aryl methyl sites for hydroxylation is 1. The molecule has 3 rings (SSSR count). The number of hydrogen-bond donors (Lipinski definition) is 3. The van der Waals surface area contributed by atoms with E-state index in [1.165, 1.54) is 0 Å². The number of amidine groups is 1. The molecule has 0 radical (unpaired) electrons. The summed E-state index contributed by atoms with van der Waals surface area (Å²) in [7, 11) is 0. The van der Waals surface area contributed by atoms with Gasteiger partial charge in [0.1, 0.15) is 11.5 Å². The highest BCUT2D eigenvalue weighted by Gasteiger charge is 2.06. The van der Waals surface area contributed by atoms with E-state index in [0.717, 1.165) is 16.3 Å². The molecule has 0 fully saturated rings. The Kier molecular flexibility index (Phi) is 3.72. The first-order valence-corrected chi connectivity index (χ1v) is 7.05. The van der Waals surface area contributed by atoms with Gasteiger partial charge in [0.15, 0.2) is 5.82 Å². The van der Waals surface area contributed by atoms with Crippen molar-refractivity contribution in [3.63, 3.8) is 0 Å². The molecule has 0 aliphatic carbocycles. The van der Waals surface area contributed by atoms with Gasteiger partial charge in [0.25, 0.3) is 0 Å². The summed E-state index contributed by atoms with van der Waals surface area (Å²) < 4.78 is 0. The number of aromatic nitrogens is 1. The highest BCUT2D eigenvalue weighted by atomic mass is 15.1. The maximum atomic E-state index is 7.38. The first kappa shape index (κ1) is 14.6. The van der Waals surface area contributed by atoms with E-state index in [9.17, 15) is 0 Å². The molecule has 0 spiro atoms. The SMILES string of the molecule is Cc1ccc2cnc(N)c(/N=N/c3ccc(C(=N)N)cc3)c2c1. The van der Waals surface area contributed by atoms with Gasteiger partial charge in [-0.25, -0.2) is 4.98 Å². The summed E-state index contributed by atoms with van der Waals surface area (Å²) in [4.78, 5) is 4.17. The first-order chi connectivity index (χ1) is 11.0. The van der Waals surface area contributed by atoms with Gasteiger partial charge in [-0.05, 0) is 37.3 Å². The summed E-state index contributed by atoms with van der Waals surface area (Å²) in [6, 6.07) is 13.0. The number of hydrogen-bond acceptors (Lipinski definition) is 5. The standard InChI is InChI=1S/C17H16N6/c1-10-2-3-12-9-21-17(20)15(14(12)8-10)23-22-13-6-4-11(5-7-13)16(18)19/h2-9H,1H3,(H3,18,19)(H2,20,21)/b23-22+. The van der Waals surface area contributed by atoms with E-state index in [1.54, 1.807) is 30.5 Å². The molecule has 0 bridgehead atoms. The molecule has 0 amide bonds. The fourth-order valence-corrected chi connectivity index (χ4v) is 2.25. The van der Waals surface area contributed by atoms with Gasteiger partial charge in [-0.15, -0.1) is 5.11 Å². The van der Waals surface area contributed by atoms with Crippen LogP contribution in [0.5, 0.6) is 0 Å². The number of azo groups is 1. The number of rotatable bonds is 3. The van der Waals surface area contributed by atoms with Crippen LogP contribution in [0.2, 0.25) is 0 Å². The van der Waals surface area contributed by atoms with Crippen LogP contribution in [0, 0.1) is 12.3 Å². The van der Waals surface area contributed by atoms with Gasteiger partial charge >= 0.3 is 0 Å². The van der Waals surface area contributed by atoms with Gasteiger partial charge in [-0.2, -0.15) is 5.11 Å². The molecular weight excluding hydrogens is 288 g/mol. The molecule has 0 unspecified atom stereocenters. The summed E-state index contributed by atoms with van der Waals surface area (Å²) in [5.41, 5.74) is 14.4. The van der Waals surface area contributed by atoms with Crippen LogP contribution in [-0.4, -0.2) is 10.8 Å². The molecule has 6 nitrogen and oxygen atoms in total. The highest BCUT2D eigenvalue weighted by Crippen LogP contribution is 2.32. The van der Waals surface area contributed by atoms with Gasteiger partial charge in [0, 0.05) is 22.5 Å². The number of nitrogens with two attached hydrogens (primary N) is 2. The van der Waals surface area contributed by atoms with Crippen LogP contribution in [0.25, 0.3) is 10.8 Å². The Morgan fingerprint density at radius 2 is 1.83 bits per heavy atom. The summed E-state index contributed by atoms with van der Waals surface area (Å²) >= 11 is 0. The van der Waals surface area contributed by atoms with E-state index in [4.69, 9.17) is 16.9 Å². The maximum Gasteiger partial charge on any atom is 0.151 e. The number of anilines is 1. The molecular formula is C17H16N6. The summed E-state index contributed by atoms with van der Waals surface area (Å²) in [5, 5.41) is 17.7. The molecule has 1 heterocycles. The molecule has 0 saturated heterocycles. The smallest absolute Gasteiger partial charge is 0.151 e. The van der Waals surface area contributed by atoms with Crippen molar-refractivity contribution in [2.75, 3.05) is 5.73 Å². The third-order valence-corrected chi connectivity index (χ3v) is 3.49. The Balaban J connectivity index is 2.01. The molecule has 1 aromatic heterocycles. The molecule has 6 heteroatoms. The van der Waals surface area contributed by atoms with Crippen LogP contribution in [0.3, 0.4) is 0 Å².